The van der Waals surface area contributed by atoms with E-state index in [1.54, 1.807) is 0 Å². The Morgan fingerprint density at radius 2 is 0.793 bits per heavy atom. The average molecular weight is 1240 g/mol. The van der Waals surface area contributed by atoms with Gasteiger partial charge in [-0.1, -0.05) is 70.9 Å². The van der Waals surface area contributed by atoms with E-state index in [1.165, 1.54) is 9.80 Å². The Morgan fingerprint density at radius 1 is 0.476 bits per heavy atom. The normalized spacial score (nSPS) is 17.8. The fourth-order valence-electron chi connectivity index (χ4n) is 8.14. The van der Waals surface area contributed by atoms with E-state index < -0.39 is 156 Å². The van der Waals surface area contributed by atoms with Crippen LogP contribution in [0, 0.1) is 23.7 Å². The lowest BCUT2D eigenvalue weighted by molar-refractivity contribution is -0.143. The Bertz CT molecular complexity index is 2120. The van der Waals surface area contributed by atoms with Gasteiger partial charge in [0.1, 0.15) is 36.3 Å². The number of carboxylic acids is 2. The molecule has 2 saturated heterocycles. The van der Waals surface area contributed by atoms with E-state index in [4.69, 9.17) is 56.1 Å². The van der Waals surface area contributed by atoms with E-state index in [9.17, 15) is 67.1 Å². The molecule has 0 spiro atoms. The maximum absolute atomic E-state index is 13.6. The second kappa shape index (κ2) is 38.1. The number of carbonyl (C=O) groups is 14. The first-order valence-electron chi connectivity index (χ1n) is 26.2. The van der Waals surface area contributed by atoms with Crippen LogP contribution in [-0.2, 0) is 67.1 Å². The summed E-state index contributed by atoms with van der Waals surface area (Å²) in [5.74, 6) is -11.3. The van der Waals surface area contributed by atoms with E-state index in [2.05, 4.69) is 21.3 Å². The summed E-state index contributed by atoms with van der Waals surface area (Å²) in [6, 6.07) is -8.37. The van der Waals surface area contributed by atoms with Crippen LogP contribution in [0.15, 0.2) is 0 Å². The quantitative estimate of drug-likeness (QED) is 0.0204. The second-order valence-electron chi connectivity index (χ2n) is 20.4. The minimum absolute atomic E-state index is 0.0183. The molecule has 464 valence electrons. The molecular formula is C48H82N14O16S4. The maximum Gasteiger partial charge on any atom is 0.321 e. The number of hydrogen-bond acceptors (Lipinski definition) is 22. The summed E-state index contributed by atoms with van der Waals surface area (Å²) < 4.78 is 0. The number of aliphatic carboxylic acids is 2. The van der Waals surface area contributed by atoms with Crippen molar-refractivity contribution < 1.29 is 77.3 Å². The molecule has 10 atom stereocenters. The number of nitrogens with zero attached hydrogens (tertiary/aromatic N) is 2. The molecule has 0 saturated carbocycles. The molecule has 0 aromatic rings. The molecule has 0 aliphatic carbocycles. The summed E-state index contributed by atoms with van der Waals surface area (Å²) >= 11 is 0. The van der Waals surface area contributed by atoms with Crippen LogP contribution >= 0.6 is 43.2 Å². The van der Waals surface area contributed by atoms with Crippen molar-refractivity contribution in [3.63, 3.8) is 0 Å². The third-order valence-electron chi connectivity index (χ3n) is 12.3. The van der Waals surface area contributed by atoms with E-state index in [1.807, 2.05) is 27.7 Å². The molecule has 0 aromatic carbocycles. The van der Waals surface area contributed by atoms with Gasteiger partial charge in [-0.25, -0.2) is 0 Å². The van der Waals surface area contributed by atoms with Gasteiger partial charge >= 0.3 is 11.9 Å². The Hall–Kier alpha value is -5.78. The van der Waals surface area contributed by atoms with Crippen molar-refractivity contribution in [3.05, 3.63) is 0 Å². The van der Waals surface area contributed by atoms with Crippen molar-refractivity contribution in [1.29, 1.82) is 0 Å². The van der Waals surface area contributed by atoms with Gasteiger partial charge in [0.25, 0.3) is 0 Å². The molecule has 0 bridgehead atoms. The van der Waals surface area contributed by atoms with Crippen LogP contribution in [0.25, 0.3) is 0 Å². The number of likely N-dealkylation sites (tertiary alicyclic amines) is 2. The summed E-state index contributed by atoms with van der Waals surface area (Å²) in [6.07, 6.45) is 0.796. The summed E-state index contributed by atoms with van der Waals surface area (Å²) in [4.78, 5) is 174. The molecule has 2 aliphatic heterocycles. The molecule has 22 N–H and O–H groups in total. The Morgan fingerprint density at radius 3 is 1.07 bits per heavy atom. The zero-order valence-corrected chi connectivity index (χ0v) is 49.7. The molecule has 82 heavy (non-hydrogen) atoms. The van der Waals surface area contributed by atoms with Crippen LogP contribution in [0.3, 0.4) is 0 Å². The van der Waals surface area contributed by atoms with Crippen LogP contribution in [0.2, 0.25) is 0 Å². The molecule has 2 rings (SSSR count). The van der Waals surface area contributed by atoms with Gasteiger partial charge in [0.05, 0.1) is 37.0 Å². The average Bonchev–Trinajstić information content (AvgIpc) is 4.10. The molecule has 2 aliphatic rings. The van der Waals surface area contributed by atoms with Gasteiger partial charge in [0.2, 0.25) is 59.1 Å². The van der Waals surface area contributed by atoms with Gasteiger partial charge in [-0.05, 0) is 50.4 Å². The van der Waals surface area contributed by atoms with Gasteiger partial charge in [0.15, 0.2) is 11.6 Å². The molecule has 0 aromatic heterocycles. The van der Waals surface area contributed by atoms with E-state index in [-0.39, 0.29) is 86.5 Å². The van der Waals surface area contributed by atoms with Gasteiger partial charge in [-0.15, -0.1) is 0 Å². The molecule has 10 amide bonds. The topological polar surface area (TPSA) is 542 Å². The third kappa shape index (κ3) is 28.5. The van der Waals surface area contributed by atoms with Crippen molar-refractivity contribution in [2.24, 2.45) is 69.5 Å². The van der Waals surface area contributed by atoms with Crippen LogP contribution in [0.4, 0.5) is 0 Å². The van der Waals surface area contributed by atoms with Gasteiger partial charge in [0, 0.05) is 61.8 Å². The highest BCUT2D eigenvalue weighted by atomic mass is 33.1. The number of primary amides is 4. The van der Waals surface area contributed by atoms with Crippen molar-refractivity contribution in [2.45, 2.75) is 140 Å². The summed E-state index contributed by atoms with van der Waals surface area (Å²) in [5.41, 5.74) is 43.1. The van der Waals surface area contributed by atoms with Gasteiger partial charge in [-0.3, -0.25) is 67.1 Å². The highest BCUT2D eigenvalue weighted by molar-refractivity contribution is 8.77. The number of rotatable bonds is 38. The number of amides is 10. The molecule has 34 heteroatoms. The van der Waals surface area contributed by atoms with E-state index in [0.29, 0.717) is 25.7 Å². The van der Waals surface area contributed by atoms with Crippen LogP contribution in [0.1, 0.15) is 91.9 Å². The molecule has 0 unspecified atom stereocenters. The first-order valence-corrected chi connectivity index (χ1v) is 31.2. The largest absolute Gasteiger partial charge is 0.480 e. The van der Waals surface area contributed by atoms with E-state index in [0.717, 1.165) is 43.2 Å². The van der Waals surface area contributed by atoms with Crippen LogP contribution in [0.5, 0.6) is 0 Å². The van der Waals surface area contributed by atoms with E-state index >= 15 is 0 Å². The monoisotopic (exact) mass is 1240 g/mol. The van der Waals surface area contributed by atoms with Crippen molar-refractivity contribution in [2.75, 3.05) is 49.2 Å². The highest BCUT2D eigenvalue weighted by Gasteiger charge is 2.41. The summed E-state index contributed by atoms with van der Waals surface area (Å²) in [5, 5.41) is 28.1. The molecule has 0 radical (unpaired) electrons. The lowest BCUT2D eigenvalue weighted by Crippen LogP contribution is -2.55. The highest BCUT2D eigenvalue weighted by Crippen LogP contribution is 2.31. The second-order valence-corrected chi connectivity index (χ2v) is 25.5. The number of carbonyl (C=O) groups excluding carboxylic acids is 12. The first kappa shape index (κ1) is 74.2. The minimum atomic E-state index is -1.20. The Labute approximate surface area is 490 Å². The smallest absolute Gasteiger partial charge is 0.321 e. The minimum Gasteiger partial charge on any atom is -0.480 e. The zero-order valence-electron chi connectivity index (χ0n) is 46.4. The number of carboxylic acid groups (broad SMARTS) is 2. The number of hydrogen-bond donors (Lipinski definition) is 14. The predicted molar refractivity (Wildman–Crippen MR) is 308 cm³/mol. The number of nitrogens with two attached hydrogens (primary N) is 8. The SMILES string of the molecule is CC(C)C[C@H](NC(=O)[C@@H]1CCCN1C(=O)[C@H](CSSC[C@H](N)C(=O)O)CC(=O)[C@@H](N)CC(N)=O)C(=O)NCC(N)=O.CC(C)C[C@H](NC(=O)[C@@H]1CCCN1C(=O)[C@H](CSSC[C@H](N)C(=O)O)CC(=O)[C@@H](N)CC(N)=O)C(=O)NCC(N)=O. The number of nitrogens with one attached hydrogen (secondary N) is 4. The molecule has 30 nitrogen and oxygen atoms in total. The summed E-state index contributed by atoms with van der Waals surface area (Å²) in [6.45, 7) is 7.12. The van der Waals surface area contributed by atoms with Gasteiger partial charge < -0.3 is 87.1 Å². The number of Topliss-reactive ketones (excluding diaryl/α,β-unsaturated/α-hetero) is 2. The summed E-state index contributed by atoms with van der Waals surface area (Å²) in [7, 11) is 4.54. The Balaban J connectivity index is 0.000000820. The van der Waals surface area contributed by atoms with Crippen molar-refractivity contribution >= 4 is 126 Å². The fourth-order valence-corrected chi connectivity index (χ4v) is 13.0. The molecule has 2 heterocycles. The Kier molecular flexibility index (Phi) is 34.5. The molecule has 2 fully saturated rings. The third-order valence-corrected chi connectivity index (χ3v) is 17.4. The van der Waals surface area contributed by atoms with Crippen LogP contribution in [-0.4, -0.2) is 200 Å². The predicted octanol–water partition coefficient (Wildman–Crippen LogP) is -4.64. The molecular weight excluding hydrogens is 1160 g/mol. The maximum atomic E-state index is 13.6. The lowest BCUT2D eigenvalue weighted by Gasteiger charge is -2.30. The van der Waals surface area contributed by atoms with Crippen molar-refractivity contribution in [3.8, 4) is 0 Å². The fraction of sp³-hybridized carbons (Fsp3) is 0.708. The number of ketones is 2. The van der Waals surface area contributed by atoms with Gasteiger partial charge in [-0.2, -0.15) is 0 Å². The standard InChI is InChI=1S/2C24H41N7O8S2/c2*1-12(2)6-16(21(35)29-9-20(28)34)30-22(36)17-4-3-5-31(17)23(37)13(7-18(32)14(25)8-19(27)33)10-40-41-11-15(26)24(38)39/h2*12-17H,3-11,25-26H2,1-2H3,(H2,27,33)(H2,28,34)(H,29,35)(H,30,36)(H,38,39)/t2*13-,14-,15-,16-,17-/m00/s1. The van der Waals surface area contributed by atoms with Crippen LogP contribution < -0.4 is 67.1 Å². The first-order chi connectivity index (χ1) is 38.3. The zero-order chi connectivity index (χ0) is 62.6. The van der Waals surface area contributed by atoms with Crippen molar-refractivity contribution in [1.82, 2.24) is 31.1 Å². The lowest BCUT2D eigenvalue weighted by atomic mass is 9.97.